The SMILES string of the molecule is CCCC(OC(C)=O)c1ccc(C(F)(F)P)nc1. The van der Waals surface area contributed by atoms with Crippen molar-refractivity contribution in [3.8, 4) is 0 Å². The summed E-state index contributed by atoms with van der Waals surface area (Å²) < 4.78 is 31.1. The fourth-order valence-electron chi connectivity index (χ4n) is 1.55. The molecule has 1 heterocycles. The van der Waals surface area contributed by atoms with Crippen LogP contribution in [0.15, 0.2) is 18.3 Å². The van der Waals surface area contributed by atoms with Crippen molar-refractivity contribution in [1.82, 2.24) is 4.98 Å². The molecule has 0 radical (unpaired) electrons. The minimum absolute atomic E-state index is 0.325. The molecule has 2 atom stereocenters. The van der Waals surface area contributed by atoms with Gasteiger partial charge in [0.2, 0.25) is 0 Å². The maximum Gasteiger partial charge on any atom is 0.303 e. The molecule has 2 unspecified atom stereocenters. The van der Waals surface area contributed by atoms with Gasteiger partial charge < -0.3 is 4.74 Å². The fraction of sp³-hybridized carbons (Fsp3) is 0.500. The van der Waals surface area contributed by atoms with Crippen LogP contribution in [0.1, 0.15) is 44.1 Å². The standard InChI is InChI=1S/C12H16F2NO2P/c1-3-4-10(17-8(2)16)9-5-6-11(15-7-9)12(13,14)18/h5-7,10H,3-4,18H2,1-2H3. The van der Waals surface area contributed by atoms with Crippen LogP contribution in [0.3, 0.4) is 0 Å². The Labute approximate surface area is 107 Å². The molecule has 0 fully saturated rings. The maximum absolute atomic E-state index is 13.0. The van der Waals surface area contributed by atoms with Gasteiger partial charge in [-0.25, -0.2) is 0 Å². The summed E-state index contributed by atoms with van der Waals surface area (Å²) in [5.74, 6) is -0.395. The summed E-state index contributed by atoms with van der Waals surface area (Å²) in [5.41, 5.74) is -2.74. The van der Waals surface area contributed by atoms with Gasteiger partial charge in [0.1, 0.15) is 11.8 Å². The first kappa shape index (κ1) is 15.0. The van der Waals surface area contributed by atoms with Crippen molar-refractivity contribution in [1.29, 1.82) is 0 Å². The second-order valence-corrected chi connectivity index (χ2v) is 4.71. The third-order valence-corrected chi connectivity index (χ3v) is 2.65. The number of halogens is 2. The summed E-state index contributed by atoms with van der Waals surface area (Å²) >= 11 is 0. The normalized spacial score (nSPS) is 13.2. The number of nitrogens with zero attached hydrogens (tertiary/aromatic N) is 1. The first-order valence-corrected chi connectivity index (χ1v) is 6.22. The molecule has 0 N–H and O–H groups in total. The lowest BCUT2D eigenvalue weighted by molar-refractivity contribution is -0.147. The molecule has 0 aliphatic heterocycles. The molecular formula is C12H16F2NO2P. The van der Waals surface area contributed by atoms with E-state index >= 15 is 0 Å². The van der Waals surface area contributed by atoms with E-state index in [0.717, 1.165) is 6.42 Å². The third-order valence-electron chi connectivity index (χ3n) is 2.36. The van der Waals surface area contributed by atoms with Gasteiger partial charge in [0.15, 0.2) is 0 Å². The van der Waals surface area contributed by atoms with Crippen LogP contribution in [-0.4, -0.2) is 11.0 Å². The zero-order chi connectivity index (χ0) is 13.8. The van der Waals surface area contributed by atoms with Gasteiger partial charge in [-0.1, -0.05) is 28.7 Å². The first-order chi connectivity index (χ1) is 8.34. The molecule has 1 rings (SSSR count). The highest BCUT2D eigenvalue weighted by molar-refractivity contribution is 7.17. The Morgan fingerprint density at radius 1 is 1.56 bits per heavy atom. The second-order valence-electron chi connectivity index (χ2n) is 3.99. The van der Waals surface area contributed by atoms with Crippen LogP contribution in [0, 0.1) is 0 Å². The van der Waals surface area contributed by atoms with Crippen molar-refractivity contribution < 1.29 is 18.3 Å². The molecule has 0 aliphatic carbocycles. The lowest BCUT2D eigenvalue weighted by Crippen LogP contribution is -2.11. The van der Waals surface area contributed by atoms with Crippen molar-refractivity contribution in [3.63, 3.8) is 0 Å². The Kier molecular flexibility index (Phi) is 5.15. The number of ether oxygens (including phenoxy) is 1. The molecule has 0 bridgehead atoms. The Bertz CT molecular complexity index is 404. The quantitative estimate of drug-likeness (QED) is 0.610. The Balaban J connectivity index is 2.90. The topological polar surface area (TPSA) is 39.2 Å². The number of esters is 1. The first-order valence-electron chi connectivity index (χ1n) is 5.65. The minimum atomic E-state index is -3.04. The van der Waals surface area contributed by atoms with Crippen LogP contribution in [0.4, 0.5) is 8.78 Å². The molecule has 1 aromatic heterocycles. The number of carbonyl (C=O) groups is 1. The van der Waals surface area contributed by atoms with E-state index < -0.39 is 17.7 Å². The average Bonchev–Trinajstić information content (AvgIpc) is 2.27. The number of alkyl halides is 2. The van der Waals surface area contributed by atoms with Gasteiger partial charge in [0.25, 0.3) is 5.66 Å². The third kappa shape index (κ3) is 4.30. The Morgan fingerprint density at radius 3 is 2.61 bits per heavy atom. The highest BCUT2D eigenvalue weighted by atomic mass is 31.0. The molecule has 6 heteroatoms. The van der Waals surface area contributed by atoms with E-state index in [1.807, 2.05) is 6.92 Å². The molecule has 0 saturated carbocycles. The molecule has 0 spiro atoms. The summed E-state index contributed by atoms with van der Waals surface area (Å²) in [7, 11) is 1.44. The monoisotopic (exact) mass is 275 g/mol. The van der Waals surface area contributed by atoms with Gasteiger partial charge in [-0.15, -0.1) is 0 Å². The van der Waals surface area contributed by atoms with Crippen LogP contribution in [0.25, 0.3) is 0 Å². The predicted octanol–water partition coefficient (Wildman–Crippen LogP) is 3.41. The zero-order valence-corrected chi connectivity index (χ0v) is 11.5. The van der Waals surface area contributed by atoms with Gasteiger partial charge in [-0.05, 0) is 12.5 Å². The van der Waals surface area contributed by atoms with E-state index in [1.54, 1.807) is 0 Å². The smallest absolute Gasteiger partial charge is 0.303 e. The van der Waals surface area contributed by atoms with Crippen molar-refractivity contribution in [2.75, 3.05) is 0 Å². The number of rotatable bonds is 5. The zero-order valence-electron chi connectivity index (χ0n) is 10.3. The second kappa shape index (κ2) is 6.19. The lowest BCUT2D eigenvalue weighted by Gasteiger charge is -2.17. The van der Waals surface area contributed by atoms with E-state index in [1.165, 1.54) is 34.5 Å². The molecule has 100 valence electrons. The van der Waals surface area contributed by atoms with Crippen molar-refractivity contribution >= 4 is 15.2 Å². The number of aromatic nitrogens is 1. The molecule has 0 aliphatic rings. The van der Waals surface area contributed by atoms with Crippen molar-refractivity contribution in [2.24, 2.45) is 0 Å². The van der Waals surface area contributed by atoms with E-state index in [4.69, 9.17) is 4.74 Å². The average molecular weight is 275 g/mol. The van der Waals surface area contributed by atoms with Gasteiger partial charge >= 0.3 is 5.97 Å². The van der Waals surface area contributed by atoms with Crippen LogP contribution in [0.2, 0.25) is 0 Å². The van der Waals surface area contributed by atoms with Crippen molar-refractivity contribution in [2.45, 2.75) is 38.5 Å². The molecule has 1 aromatic rings. The summed E-state index contributed by atoms with van der Waals surface area (Å²) in [6, 6.07) is 2.76. The highest BCUT2D eigenvalue weighted by Gasteiger charge is 2.26. The van der Waals surface area contributed by atoms with Gasteiger partial charge in [0.05, 0.1) is 0 Å². The summed E-state index contributed by atoms with van der Waals surface area (Å²) in [4.78, 5) is 14.7. The number of pyridine rings is 1. The minimum Gasteiger partial charge on any atom is -0.458 e. The van der Waals surface area contributed by atoms with E-state index in [-0.39, 0.29) is 5.69 Å². The number of hydrogen-bond donors (Lipinski definition) is 0. The van der Waals surface area contributed by atoms with Crippen LogP contribution < -0.4 is 0 Å². The van der Waals surface area contributed by atoms with Crippen LogP contribution >= 0.6 is 9.24 Å². The van der Waals surface area contributed by atoms with E-state index in [2.05, 4.69) is 4.98 Å². The fourth-order valence-corrected chi connectivity index (χ4v) is 1.72. The summed E-state index contributed by atoms with van der Waals surface area (Å²) in [6.45, 7) is 3.27. The number of carbonyl (C=O) groups excluding carboxylic acids is 1. The van der Waals surface area contributed by atoms with Crippen LogP contribution in [-0.2, 0) is 15.2 Å². The molecular weight excluding hydrogens is 259 g/mol. The molecule has 0 amide bonds. The van der Waals surface area contributed by atoms with E-state index in [9.17, 15) is 13.6 Å². The maximum atomic E-state index is 13.0. The molecule has 0 aromatic carbocycles. The Morgan fingerprint density at radius 2 is 2.22 bits per heavy atom. The highest BCUT2D eigenvalue weighted by Crippen LogP contribution is 2.34. The van der Waals surface area contributed by atoms with Gasteiger partial charge in [-0.3, -0.25) is 9.78 Å². The van der Waals surface area contributed by atoms with Crippen LogP contribution in [0.5, 0.6) is 0 Å². The lowest BCUT2D eigenvalue weighted by atomic mass is 10.1. The van der Waals surface area contributed by atoms with Crippen molar-refractivity contribution in [3.05, 3.63) is 29.6 Å². The molecule has 0 saturated heterocycles. The van der Waals surface area contributed by atoms with E-state index in [0.29, 0.717) is 12.0 Å². The number of hydrogen-bond acceptors (Lipinski definition) is 3. The molecule has 18 heavy (non-hydrogen) atoms. The molecule has 3 nitrogen and oxygen atoms in total. The predicted molar refractivity (Wildman–Crippen MR) is 67.3 cm³/mol. The van der Waals surface area contributed by atoms with Gasteiger partial charge in [-0.2, -0.15) is 8.78 Å². The van der Waals surface area contributed by atoms with Gasteiger partial charge in [0, 0.05) is 18.7 Å². The Hall–Kier alpha value is -1.09. The largest absolute Gasteiger partial charge is 0.458 e. The summed E-state index contributed by atoms with van der Waals surface area (Å²) in [6.07, 6.45) is 2.36. The summed E-state index contributed by atoms with van der Waals surface area (Å²) in [5, 5.41) is 0.